The van der Waals surface area contributed by atoms with Gasteiger partial charge in [-0.05, 0) is 99.1 Å². The number of benzene rings is 9. The van der Waals surface area contributed by atoms with Gasteiger partial charge < -0.3 is 4.57 Å². The Hall–Kier alpha value is -8.67. The van der Waals surface area contributed by atoms with E-state index < -0.39 is 5.41 Å². The highest BCUT2D eigenvalue weighted by atomic mass is 16.1. The molecule has 2 aliphatic carbocycles. The Balaban J connectivity index is 1.05. The first-order valence-electron chi connectivity index (χ1n) is 22.1. The lowest BCUT2D eigenvalue weighted by Crippen LogP contribution is -2.25. The zero-order valence-corrected chi connectivity index (χ0v) is 35.0. The van der Waals surface area contributed by atoms with E-state index in [1.165, 1.54) is 44.5 Å². The van der Waals surface area contributed by atoms with Gasteiger partial charge in [-0.25, -0.2) is 9.97 Å². The molecule has 9 aromatic carbocycles. The molecule has 1 spiro atoms. The van der Waals surface area contributed by atoms with Crippen LogP contribution in [0.5, 0.6) is 0 Å². The Kier molecular flexibility index (Phi) is 7.41. The lowest BCUT2D eigenvalue weighted by Gasteiger charge is -2.30. The standard InChI is InChI=1S/C60H36N4O/c65-58-44-25-11-16-30-54(44)63(39-19-5-2-6-20-39)57-45(58)32-34-55-56(57)43-24-10-15-29-53(43)64(55)59-61-51(37-17-3-1-4-18-37)36-52(62-59)38-31-33-50-46(35-38)42-23-9-14-28-49(42)60(50)47-26-12-7-21-40(47)41-22-8-13-27-48(41)60/h1-36H. The van der Waals surface area contributed by atoms with Crippen LogP contribution in [0.1, 0.15) is 22.3 Å². The Labute approximate surface area is 373 Å². The molecule has 12 aromatic rings. The molecule has 5 heteroatoms. The number of aromatic nitrogens is 4. The summed E-state index contributed by atoms with van der Waals surface area (Å²) in [6.07, 6.45) is 0. The molecular formula is C60H36N4O. The van der Waals surface area contributed by atoms with Crippen LogP contribution in [0, 0.1) is 0 Å². The summed E-state index contributed by atoms with van der Waals surface area (Å²) in [5.41, 5.74) is 18.0. The third-order valence-electron chi connectivity index (χ3n) is 14.0. The lowest BCUT2D eigenvalue weighted by atomic mass is 9.70. The van der Waals surface area contributed by atoms with Crippen molar-refractivity contribution in [3.8, 4) is 56.4 Å². The van der Waals surface area contributed by atoms with Crippen molar-refractivity contribution in [1.82, 2.24) is 19.1 Å². The van der Waals surface area contributed by atoms with Gasteiger partial charge in [0.15, 0.2) is 5.43 Å². The van der Waals surface area contributed by atoms with E-state index in [0.29, 0.717) is 16.7 Å². The molecule has 0 bridgehead atoms. The van der Waals surface area contributed by atoms with Crippen LogP contribution < -0.4 is 5.43 Å². The number of hydrogen-bond donors (Lipinski definition) is 0. The van der Waals surface area contributed by atoms with Gasteiger partial charge in [0.05, 0.1) is 38.9 Å². The van der Waals surface area contributed by atoms with Crippen molar-refractivity contribution in [2.24, 2.45) is 0 Å². The number of nitrogens with zero attached hydrogens (tertiary/aromatic N) is 4. The Bertz CT molecular complexity index is 3990. The first-order valence-corrected chi connectivity index (χ1v) is 22.1. The average Bonchev–Trinajstić information content (AvgIpc) is 3.99. The highest BCUT2D eigenvalue weighted by molar-refractivity contribution is 6.21. The maximum Gasteiger partial charge on any atom is 0.235 e. The number of hydrogen-bond acceptors (Lipinski definition) is 3. The molecule has 302 valence electrons. The molecule has 2 aliphatic rings. The molecule has 3 heterocycles. The van der Waals surface area contributed by atoms with Crippen LogP contribution in [0.4, 0.5) is 0 Å². The third-order valence-corrected chi connectivity index (χ3v) is 14.0. The van der Waals surface area contributed by atoms with Gasteiger partial charge in [-0.2, -0.15) is 0 Å². The van der Waals surface area contributed by atoms with Gasteiger partial charge in [0.2, 0.25) is 5.95 Å². The predicted molar refractivity (Wildman–Crippen MR) is 264 cm³/mol. The lowest BCUT2D eigenvalue weighted by molar-refractivity contribution is 0.794. The van der Waals surface area contributed by atoms with Gasteiger partial charge in [-0.1, -0.05) is 164 Å². The molecule has 65 heavy (non-hydrogen) atoms. The fraction of sp³-hybridized carbons (Fsp3) is 0.0167. The number of pyridine rings is 1. The van der Waals surface area contributed by atoms with Crippen molar-refractivity contribution < 1.29 is 0 Å². The quantitative estimate of drug-likeness (QED) is 0.166. The summed E-state index contributed by atoms with van der Waals surface area (Å²) in [4.78, 5) is 25.4. The van der Waals surface area contributed by atoms with E-state index in [-0.39, 0.29) is 5.43 Å². The summed E-state index contributed by atoms with van der Waals surface area (Å²) in [6.45, 7) is 0. The zero-order valence-electron chi connectivity index (χ0n) is 35.0. The number of para-hydroxylation sites is 3. The van der Waals surface area contributed by atoms with Crippen molar-refractivity contribution in [3.05, 3.63) is 251 Å². The zero-order chi connectivity index (χ0) is 42.8. The average molecular weight is 829 g/mol. The maximum absolute atomic E-state index is 14.4. The smallest absolute Gasteiger partial charge is 0.235 e. The molecule has 14 rings (SSSR count). The van der Waals surface area contributed by atoms with Crippen molar-refractivity contribution in [2.75, 3.05) is 0 Å². The van der Waals surface area contributed by atoms with E-state index in [1.54, 1.807) is 0 Å². The van der Waals surface area contributed by atoms with Gasteiger partial charge in [0.25, 0.3) is 0 Å². The van der Waals surface area contributed by atoms with Crippen LogP contribution in [-0.4, -0.2) is 19.1 Å². The van der Waals surface area contributed by atoms with E-state index in [1.807, 2.05) is 54.6 Å². The molecule has 0 saturated heterocycles. The van der Waals surface area contributed by atoms with Crippen LogP contribution >= 0.6 is 0 Å². The fourth-order valence-corrected chi connectivity index (χ4v) is 11.3. The first-order chi connectivity index (χ1) is 32.2. The summed E-state index contributed by atoms with van der Waals surface area (Å²) in [5, 5.41) is 3.32. The van der Waals surface area contributed by atoms with Gasteiger partial charge in [0.1, 0.15) is 0 Å². The largest absolute Gasteiger partial charge is 0.308 e. The number of fused-ring (bicyclic) bond motifs is 16. The summed E-state index contributed by atoms with van der Waals surface area (Å²) >= 11 is 0. The van der Waals surface area contributed by atoms with Crippen LogP contribution in [0.15, 0.2) is 223 Å². The Morgan fingerprint density at radius 2 is 0.892 bits per heavy atom. The summed E-state index contributed by atoms with van der Waals surface area (Å²) in [7, 11) is 0. The van der Waals surface area contributed by atoms with E-state index in [4.69, 9.17) is 9.97 Å². The topological polar surface area (TPSA) is 52.7 Å². The molecule has 0 atom stereocenters. The van der Waals surface area contributed by atoms with E-state index >= 15 is 0 Å². The van der Waals surface area contributed by atoms with Crippen molar-refractivity contribution in [2.45, 2.75) is 5.41 Å². The van der Waals surface area contributed by atoms with Gasteiger partial charge in [0, 0.05) is 38.4 Å². The fourth-order valence-electron chi connectivity index (χ4n) is 11.3. The Morgan fingerprint density at radius 1 is 0.369 bits per heavy atom. The van der Waals surface area contributed by atoms with E-state index in [0.717, 1.165) is 61.0 Å². The molecule has 5 nitrogen and oxygen atoms in total. The van der Waals surface area contributed by atoms with Crippen LogP contribution in [0.2, 0.25) is 0 Å². The monoisotopic (exact) mass is 828 g/mol. The van der Waals surface area contributed by atoms with Crippen LogP contribution in [0.3, 0.4) is 0 Å². The summed E-state index contributed by atoms with van der Waals surface area (Å²) in [5.74, 6) is 0.553. The van der Waals surface area contributed by atoms with Crippen molar-refractivity contribution in [3.63, 3.8) is 0 Å². The molecule has 0 unspecified atom stereocenters. The molecule has 0 amide bonds. The minimum Gasteiger partial charge on any atom is -0.308 e. The molecule has 3 aromatic heterocycles. The van der Waals surface area contributed by atoms with Crippen LogP contribution in [0.25, 0.3) is 100 Å². The summed E-state index contributed by atoms with van der Waals surface area (Å²) in [6, 6.07) is 76.9. The summed E-state index contributed by atoms with van der Waals surface area (Å²) < 4.78 is 4.42. The number of rotatable bonds is 4. The first kappa shape index (κ1) is 35.9. The minimum atomic E-state index is -0.429. The van der Waals surface area contributed by atoms with E-state index in [2.05, 4.69) is 173 Å². The van der Waals surface area contributed by atoms with Gasteiger partial charge >= 0.3 is 0 Å². The predicted octanol–water partition coefficient (Wildman–Crippen LogP) is 13.7. The van der Waals surface area contributed by atoms with E-state index in [9.17, 15) is 4.79 Å². The highest BCUT2D eigenvalue weighted by Gasteiger charge is 2.51. The second kappa shape index (κ2) is 13.4. The Morgan fingerprint density at radius 3 is 1.57 bits per heavy atom. The molecule has 0 radical (unpaired) electrons. The van der Waals surface area contributed by atoms with Crippen LogP contribution in [-0.2, 0) is 5.41 Å². The molecule has 0 fully saturated rings. The normalized spacial score (nSPS) is 13.1. The van der Waals surface area contributed by atoms with Crippen molar-refractivity contribution in [1.29, 1.82) is 0 Å². The highest BCUT2D eigenvalue weighted by Crippen LogP contribution is 2.63. The minimum absolute atomic E-state index is 0.00988. The van der Waals surface area contributed by atoms with Gasteiger partial charge in [-0.15, -0.1) is 0 Å². The second-order valence-corrected chi connectivity index (χ2v) is 17.2. The molecule has 0 N–H and O–H groups in total. The van der Waals surface area contributed by atoms with Gasteiger partial charge in [-0.3, -0.25) is 9.36 Å². The molecule has 0 aliphatic heterocycles. The second-order valence-electron chi connectivity index (χ2n) is 17.2. The van der Waals surface area contributed by atoms with Crippen molar-refractivity contribution >= 4 is 43.6 Å². The maximum atomic E-state index is 14.4. The SMILES string of the molecule is O=c1c2ccccc2n(-c2ccccc2)c2c1ccc1c2c2ccccc2n1-c1nc(-c2ccccc2)cc(-c2ccc3c(c2)-c2ccccc2C32c3ccccc3-c3ccccc32)n1. The molecular weight excluding hydrogens is 793 g/mol. The third kappa shape index (κ3) is 4.84. The molecule has 0 saturated carbocycles.